The smallest absolute Gasteiger partial charge is 0.337 e. The van der Waals surface area contributed by atoms with E-state index >= 15 is 0 Å². The lowest BCUT2D eigenvalue weighted by atomic mass is 9.92. The van der Waals surface area contributed by atoms with Gasteiger partial charge in [-0.1, -0.05) is 36.4 Å². The Morgan fingerprint density at radius 3 is 2.54 bits per heavy atom. The average molecular weight is 627 g/mol. The minimum absolute atomic E-state index is 0.0750. The van der Waals surface area contributed by atoms with Crippen LogP contribution in [0.25, 0.3) is 28.0 Å². The van der Waals surface area contributed by atoms with Gasteiger partial charge in [0.15, 0.2) is 11.8 Å². The summed E-state index contributed by atoms with van der Waals surface area (Å²) < 4.78 is 21.0. The van der Waals surface area contributed by atoms with Crippen molar-refractivity contribution in [1.82, 2.24) is 14.6 Å². The van der Waals surface area contributed by atoms with Gasteiger partial charge in [0.2, 0.25) is 0 Å². The number of carboxylic acids is 1. The summed E-state index contributed by atoms with van der Waals surface area (Å²) in [6.07, 6.45) is 3.40. The fourth-order valence-electron chi connectivity index (χ4n) is 6.57. The molecule has 3 aliphatic heterocycles. The van der Waals surface area contributed by atoms with Crippen molar-refractivity contribution in [3.8, 4) is 28.1 Å². The number of aromatic nitrogens is 3. The summed E-state index contributed by atoms with van der Waals surface area (Å²) in [5.41, 5.74) is 4.60. The van der Waals surface area contributed by atoms with Crippen molar-refractivity contribution < 1.29 is 24.1 Å². The molecule has 4 aromatic rings. The van der Waals surface area contributed by atoms with Crippen molar-refractivity contribution >= 4 is 17.4 Å². The van der Waals surface area contributed by atoms with Crippen LogP contribution in [0.2, 0.25) is 0 Å². The standard InChI is InChI=1S/C37H46N4O5/c1-24-12-9-10-21-44-37(6)17-19-40(20-18-37)34-32(33(35(42)43)46-36(3,4)5)25(2)38-31-23-29(39-41(31)34)27-14-11-13-26(22-27)28-15-7-8-16-30(28)45-24/h7-8,11,13-16,22-24,33H,9-10,12,17-21H2,1-6H3,(H,42,43)/t24-,33-/m0/s1. The third-order valence-corrected chi connectivity index (χ3v) is 9.02. The Labute approximate surface area is 271 Å². The molecule has 0 spiro atoms. The fraction of sp³-hybridized carbons (Fsp3) is 0.486. The first-order valence-electron chi connectivity index (χ1n) is 16.5. The first-order valence-corrected chi connectivity index (χ1v) is 16.5. The average Bonchev–Trinajstić information content (AvgIpc) is 3.43. The van der Waals surface area contributed by atoms with Gasteiger partial charge in [-0.15, -0.1) is 0 Å². The molecule has 0 aliphatic carbocycles. The Balaban J connectivity index is 1.52. The van der Waals surface area contributed by atoms with Gasteiger partial charge in [-0.2, -0.15) is 9.61 Å². The molecule has 2 atom stereocenters. The molecule has 2 aromatic carbocycles. The largest absolute Gasteiger partial charge is 0.490 e. The number of rotatable bonds is 3. The highest BCUT2D eigenvalue weighted by Gasteiger charge is 2.38. The van der Waals surface area contributed by atoms with Crippen LogP contribution in [-0.2, 0) is 14.3 Å². The number of ether oxygens (including phenoxy) is 3. The summed E-state index contributed by atoms with van der Waals surface area (Å²) in [4.78, 5) is 19.9. The minimum Gasteiger partial charge on any atom is -0.490 e. The van der Waals surface area contributed by atoms with Gasteiger partial charge in [0, 0.05) is 42.6 Å². The number of nitrogens with zero attached hydrogens (tertiary/aromatic N) is 4. The lowest BCUT2D eigenvalue weighted by Crippen LogP contribution is -2.46. The fourth-order valence-corrected chi connectivity index (χ4v) is 6.57. The van der Waals surface area contributed by atoms with Gasteiger partial charge in [0.1, 0.15) is 11.6 Å². The number of hydrogen-bond donors (Lipinski definition) is 1. The van der Waals surface area contributed by atoms with E-state index in [9.17, 15) is 9.90 Å². The summed E-state index contributed by atoms with van der Waals surface area (Å²) in [6.45, 7) is 13.9. The van der Waals surface area contributed by atoms with Gasteiger partial charge < -0.3 is 24.2 Å². The molecule has 2 aromatic heterocycles. The van der Waals surface area contributed by atoms with E-state index in [0.29, 0.717) is 42.4 Å². The van der Waals surface area contributed by atoms with Gasteiger partial charge in [0.05, 0.1) is 28.6 Å². The molecule has 6 bridgehead atoms. The molecule has 0 unspecified atom stereocenters. The van der Waals surface area contributed by atoms with E-state index in [1.165, 1.54) is 0 Å². The molecular formula is C37H46N4O5. The molecule has 3 aliphatic rings. The van der Waals surface area contributed by atoms with Gasteiger partial charge in [-0.3, -0.25) is 0 Å². The molecule has 46 heavy (non-hydrogen) atoms. The quantitative estimate of drug-likeness (QED) is 0.248. The van der Waals surface area contributed by atoms with Crippen LogP contribution in [0.1, 0.15) is 84.1 Å². The van der Waals surface area contributed by atoms with E-state index in [1.807, 2.05) is 68.6 Å². The zero-order chi connectivity index (χ0) is 32.6. The summed E-state index contributed by atoms with van der Waals surface area (Å²) in [5, 5.41) is 15.6. The molecule has 5 heterocycles. The second-order valence-corrected chi connectivity index (χ2v) is 14.0. The monoisotopic (exact) mass is 626 g/mol. The van der Waals surface area contributed by atoms with Crippen LogP contribution < -0.4 is 9.64 Å². The van der Waals surface area contributed by atoms with Crippen LogP contribution in [0.4, 0.5) is 5.82 Å². The number of para-hydroxylation sites is 1. The third kappa shape index (κ3) is 6.76. The van der Waals surface area contributed by atoms with Crippen LogP contribution in [0.15, 0.2) is 54.6 Å². The molecule has 7 rings (SSSR count). The SMILES string of the molecule is Cc1nc2cc3nn2c(c1[C@H](OC(C)(C)C)C(=O)O)N1CCC(C)(CC1)OCCCC[C@H](C)Oc1ccccc1-c1cccc-3c1. The molecule has 0 saturated carbocycles. The highest BCUT2D eigenvalue weighted by molar-refractivity contribution is 5.80. The van der Waals surface area contributed by atoms with Crippen LogP contribution in [0.3, 0.4) is 0 Å². The lowest BCUT2D eigenvalue weighted by molar-refractivity contribution is -0.160. The molecule has 0 amide bonds. The maximum atomic E-state index is 12.8. The Morgan fingerprint density at radius 2 is 1.80 bits per heavy atom. The van der Waals surface area contributed by atoms with Gasteiger partial charge >= 0.3 is 5.97 Å². The van der Waals surface area contributed by atoms with E-state index in [-0.39, 0.29) is 11.7 Å². The molecular weight excluding hydrogens is 580 g/mol. The van der Waals surface area contributed by atoms with Crippen molar-refractivity contribution in [3.63, 3.8) is 0 Å². The number of piperidine rings is 1. The van der Waals surface area contributed by atoms with E-state index < -0.39 is 17.7 Å². The number of hydrogen-bond acceptors (Lipinski definition) is 7. The third-order valence-electron chi connectivity index (χ3n) is 9.02. The Bertz CT molecular complexity index is 1720. The predicted octanol–water partition coefficient (Wildman–Crippen LogP) is 7.64. The van der Waals surface area contributed by atoms with Crippen molar-refractivity contribution in [2.75, 3.05) is 24.6 Å². The molecule has 9 nitrogen and oxygen atoms in total. The number of aryl methyl sites for hydroxylation is 1. The van der Waals surface area contributed by atoms with Crippen molar-refractivity contribution in [2.45, 2.75) is 97.1 Å². The Kier molecular flexibility index (Phi) is 8.83. The number of anilines is 1. The lowest BCUT2D eigenvalue weighted by Gasteiger charge is -2.41. The van der Waals surface area contributed by atoms with Crippen LogP contribution in [0, 0.1) is 6.92 Å². The van der Waals surface area contributed by atoms with Gasteiger partial charge in [-0.05, 0) is 91.3 Å². The molecule has 0 radical (unpaired) electrons. The predicted molar refractivity (Wildman–Crippen MR) is 180 cm³/mol. The number of fused-ring (bicyclic) bond motifs is 8. The number of aliphatic carboxylic acids is 1. The molecule has 244 valence electrons. The Hall–Kier alpha value is -3.95. The molecule has 1 N–H and O–H groups in total. The highest BCUT2D eigenvalue weighted by Crippen LogP contribution is 2.39. The van der Waals surface area contributed by atoms with Crippen molar-refractivity contribution in [2.24, 2.45) is 0 Å². The zero-order valence-electron chi connectivity index (χ0n) is 27.9. The van der Waals surface area contributed by atoms with Gasteiger partial charge in [0.25, 0.3) is 0 Å². The van der Waals surface area contributed by atoms with E-state index in [1.54, 1.807) is 0 Å². The van der Waals surface area contributed by atoms with Crippen molar-refractivity contribution in [3.05, 3.63) is 65.9 Å². The highest BCUT2D eigenvalue weighted by atomic mass is 16.5. The summed E-state index contributed by atoms with van der Waals surface area (Å²) in [7, 11) is 0. The summed E-state index contributed by atoms with van der Waals surface area (Å²) >= 11 is 0. The second kappa shape index (κ2) is 12.7. The van der Waals surface area contributed by atoms with E-state index in [2.05, 4.69) is 36.9 Å². The molecule has 1 fully saturated rings. The first kappa shape index (κ1) is 32.0. The summed E-state index contributed by atoms with van der Waals surface area (Å²) in [5.74, 6) is 0.515. The maximum absolute atomic E-state index is 12.8. The number of carbonyl (C=O) groups is 1. The van der Waals surface area contributed by atoms with Gasteiger partial charge in [-0.25, -0.2) is 9.78 Å². The van der Waals surface area contributed by atoms with Crippen LogP contribution in [0.5, 0.6) is 5.75 Å². The molecule has 9 heteroatoms. The normalized spacial score (nSPS) is 21.5. The zero-order valence-corrected chi connectivity index (χ0v) is 27.9. The second-order valence-electron chi connectivity index (χ2n) is 14.0. The van der Waals surface area contributed by atoms with Crippen LogP contribution >= 0.6 is 0 Å². The Morgan fingerprint density at radius 1 is 1.07 bits per heavy atom. The number of benzene rings is 2. The van der Waals surface area contributed by atoms with Crippen molar-refractivity contribution in [1.29, 1.82) is 0 Å². The number of carboxylic acid groups (broad SMARTS) is 1. The minimum atomic E-state index is -1.21. The van der Waals surface area contributed by atoms with E-state index in [0.717, 1.165) is 60.2 Å². The van der Waals surface area contributed by atoms with Crippen LogP contribution in [-0.4, -0.2) is 62.7 Å². The topological polar surface area (TPSA) is 98.4 Å². The maximum Gasteiger partial charge on any atom is 0.337 e. The summed E-state index contributed by atoms with van der Waals surface area (Å²) in [6, 6.07) is 18.4. The first-order chi connectivity index (χ1) is 21.9. The molecule has 1 saturated heterocycles. The van der Waals surface area contributed by atoms with E-state index in [4.69, 9.17) is 24.3 Å².